The Balaban J connectivity index is -0.0000000600. The van der Waals surface area contributed by atoms with Gasteiger partial charge in [-0.05, 0) is 0 Å². The third kappa shape index (κ3) is 26.5. The van der Waals surface area contributed by atoms with Gasteiger partial charge in [-0.15, -0.1) is 0 Å². The molecule has 0 saturated heterocycles. The van der Waals surface area contributed by atoms with Crippen molar-refractivity contribution in [3.63, 3.8) is 0 Å². The molecule has 1 radical (unpaired) electrons. The van der Waals surface area contributed by atoms with Crippen molar-refractivity contribution in [1.29, 1.82) is 10.8 Å². The number of nitrogens with two attached hydrogens (primary N) is 2. The first kappa shape index (κ1) is 22.8. The van der Waals surface area contributed by atoms with E-state index in [-0.39, 0.29) is 45.3 Å². The fraction of sp³-hybridized carbons (Fsp3) is 0. The van der Waals surface area contributed by atoms with Gasteiger partial charge in [0, 0.05) is 0 Å². The van der Waals surface area contributed by atoms with Crippen LogP contribution in [0.3, 0.4) is 0 Å². The smallest absolute Gasteiger partial charge is 0.370 e. The van der Waals surface area contributed by atoms with Crippen LogP contribution < -0.4 is 16.8 Å². The molecule has 5 nitrogen and oxygen atoms in total. The molecule has 0 atom stereocenters. The van der Waals surface area contributed by atoms with E-state index in [1.807, 2.05) is 5.32 Å². The molecular formula is C4H13N5V. The van der Waals surface area contributed by atoms with E-state index in [2.05, 4.69) is 0 Å². The molecule has 0 aromatic heterocycles. The van der Waals surface area contributed by atoms with E-state index in [1.54, 1.807) is 0 Å². The van der Waals surface area contributed by atoms with E-state index in [4.69, 9.17) is 22.3 Å². The van der Waals surface area contributed by atoms with Crippen LogP contribution in [0.25, 0.3) is 0 Å². The fourth-order valence-corrected chi connectivity index (χ4v) is 0.145. The molecule has 0 rings (SSSR count). The van der Waals surface area contributed by atoms with Crippen molar-refractivity contribution in [3.05, 3.63) is 14.9 Å². The normalized spacial score (nSPS) is 5.20. The first-order valence-electron chi connectivity index (χ1n) is 1.58. The summed E-state index contributed by atoms with van der Waals surface area (Å²) in [6.45, 7) is 0. The molecule has 0 amide bonds. The summed E-state index contributed by atoms with van der Waals surface area (Å²) in [7, 11) is 0. The van der Waals surface area contributed by atoms with Gasteiger partial charge in [0.15, 0.2) is 11.9 Å². The Bertz CT molecular complexity index is 89.8. The van der Waals surface area contributed by atoms with Crippen LogP contribution in [0, 0.1) is 25.7 Å². The molecule has 0 aromatic rings. The van der Waals surface area contributed by atoms with Gasteiger partial charge in [-0.25, -0.2) is 0 Å². The van der Waals surface area contributed by atoms with Crippen molar-refractivity contribution < 1.29 is 18.6 Å². The third-order valence-corrected chi connectivity index (χ3v) is 0.269. The van der Waals surface area contributed by atoms with Gasteiger partial charge in [0.05, 0.1) is 0 Å². The Kier molecular flexibility index (Phi) is 25.4. The van der Waals surface area contributed by atoms with E-state index < -0.39 is 0 Å². The van der Waals surface area contributed by atoms with Crippen LogP contribution in [0.4, 0.5) is 0 Å². The largest absolute Gasteiger partial charge is 2.00 e. The number of hydrogen-bond donors (Lipinski definition) is 5. The van der Waals surface area contributed by atoms with Gasteiger partial charge in [-0.2, -0.15) is 0 Å². The average Bonchev–Trinajstić information content (AvgIpc) is 1.27. The third-order valence-electron chi connectivity index (χ3n) is 0.269. The van der Waals surface area contributed by atoms with Crippen LogP contribution >= 0.6 is 0 Å². The van der Waals surface area contributed by atoms with Gasteiger partial charge in [-0.3, -0.25) is 16.1 Å². The maximum Gasteiger partial charge on any atom is 2.00 e. The second kappa shape index (κ2) is 11.2. The molecule has 0 fully saturated rings. The van der Waals surface area contributed by atoms with Crippen molar-refractivity contribution in [1.82, 2.24) is 5.32 Å². The minimum atomic E-state index is -0.312. The second-order valence-electron chi connectivity index (χ2n) is 0.952. The number of hydrogen-bond acceptors (Lipinski definition) is 2. The Morgan fingerprint density at radius 2 is 1.20 bits per heavy atom. The predicted octanol–water partition coefficient (Wildman–Crippen LogP) is -0.739. The van der Waals surface area contributed by atoms with Crippen molar-refractivity contribution in [3.8, 4) is 0 Å². The molecule has 0 heterocycles. The molecule has 0 saturated carbocycles. The van der Waals surface area contributed by atoms with Gasteiger partial charge in [-0.1, -0.05) is 0 Å². The monoisotopic (exact) mass is 182 g/mol. The zero-order valence-corrected chi connectivity index (χ0v) is 7.50. The van der Waals surface area contributed by atoms with E-state index >= 15 is 0 Å². The molecule has 0 aliphatic carbocycles. The topological polar surface area (TPSA) is 112 Å². The number of guanidine groups is 2. The van der Waals surface area contributed by atoms with Crippen molar-refractivity contribution >= 4 is 11.9 Å². The number of nitrogens with one attached hydrogen (secondary N) is 3. The molecule has 0 spiro atoms. The molecule has 59 valence electrons. The molecule has 10 heavy (non-hydrogen) atoms. The van der Waals surface area contributed by atoms with E-state index in [1.165, 1.54) is 0 Å². The van der Waals surface area contributed by atoms with Gasteiger partial charge >= 0.3 is 18.6 Å². The van der Waals surface area contributed by atoms with Crippen molar-refractivity contribution in [2.45, 2.75) is 0 Å². The second-order valence-corrected chi connectivity index (χ2v) is 0.952. The molecule has 0 unspecified atom stereocenters. The molecule has 0 aliphatic rings. The summed E-state index contributed by atoms with van der Waals surface area (Å²) in [6, 6.07) is 0. The maximum absolute atomic E-state index is 6.47. The Hall–Kier alpha value is -0.676. The molecule has 0 aliphatic heterocycles. The van der Waals surface area contributed by atoms with Crippen molar-refractivity contribution in [2.75, 3.05) is 0 Å². The average molecular weight is 182 g/mol. The van der Waals surface area contributed by atoms with Crippen LogP contribution in [-0.2, 0) is 18.6 Å². The van der Waals surface area contributed by atoms with Gasteiger partial charge in [0.1, 0.15) is 0 Å². The van der Waals surface area contributed by atoms with Gasteiger partial charge < -0.3 is 26.3 Å². The van der Waals surface area contributed by atoms with E-state index in [9.17, 15) is 0 Å². The quantitative estimate of drug-likeness (QED) is 0.193. The molecule has 6 heteroatoms. The Labute approximate surface area is 73.5 Å². The molecule has 0 bridgehead atoms. The Morgan fingerprint density at radius 1 is 1.00 bits per heavy atom. The summed E-state index contributed by atoms with van der Waals surface area (Å²) in [4.78, 5) is 0. The van der Waals surface area contributed by atoms with E-state index in [0.717, 1.165) is 0 Å². The predicted molar refractivity (Wildman–Crippen MR) is 39.8 cm³/mol. The SMILES string of the molecule is N=C(N)NC(=N)N.[CH3-].[CH3-].[V+2]. The van der Waals surface area contributed by atoms with E-state index in [0.29, 0.717) is 0 Å². The van der Waals surface area contributed by atoms with Crippen LogP contribution in [-0.4, -0.2) is 11.9 Å². The minimum absolute atomic E-state index is 0. The van der Waals surface area contributed by atoms with Gasteiger partial charge in [0.25, 0.3) is 0 Å². The molecule has 7 N–H and O–H groups in total. The first-order valence-corrected chi connectivity index (χ1v) is 1.58. The standard InChI is InChI=1S/C2H7N5.2CH3.V/c3-1(4)7-2(5)6;;;/h(H7,3,4,5,6,7);2*1H3;/q;2*-1;+2. The minimum Gasteiger partial charge on any atom is -0.370 e. The van der Waals surface area contributed by atoms with Crippen LogP contribution in [0.2, 0.25) is 0 Å². The summed E-state index contributed by atoms with van der Waals surface area (Å²) in [5.41, 5.74) is 9.49. The van der Waals surface area contributed by atoms with Crippen LogP contribution in [0.15, 0.2) is 0 Å². The fourth-order valence-electron chi connectivity index (χ4n) is 0.145. The van der Waals surface area contributed by atoms with Crippen molar-refractivity contribution in [2.24, 2.45) is 11.5 Å². The Morgan fingerprint density at radius 3 is 1.20 bits per heavy atom. The first-order chi connectivity index (χ1) is 3.13. The number of rotatable bonds is 0. The summed E-state index contributed by atoms with van der Waals surface area (Å²) >= 11 is 0. The summed E-state index contributed by atoms with van der Waals surface area (Å²) in [6.07, 6.45) is 0. The maximum atomic E-state index is 6.47. The zero-order chi connectivity index (χ0) is 5.86. The molecule has 0 aromatic carbocycles. The summed E-state index contributed by atoms with van der Waals surface area (Å²) in [5.74, 6) is -0.625. The summed E-state index contributed by atoms with van der Waals surface area (Å²) < 4.78 is 0. The van der Waals surface area contributed by atoms with Crippen LogP contribution in [0.5, 0.6) is 0 Å². The molecular weight excluding hydrogens is 169 g/mol. The zero-order valence-electron chi connectivity index (χ0n) is 6.10. The summed E-state index contributed by atoms with van der Waals surface area (Å²) in [5, 5.41) is 15.0. The van der Waals surface area contributed by atoms with Crippen LogP contribution in [0.1, 0.15) is 0 Å². The van der Waals surface area contributed by atoms with Gasteiger partial charge in [0.2, 0.25) is 0 Å².